The largest absolute Gasteiger partial charge is 0.338 e. The van der Waals surface area contributed by atoms with Crippen molar-refractivity contribution in [2.75, 3.05) is 0 Å². The van der Waals surface area contributed by atoms with Crippen molar-refractivity contribution in [2.45, 2.75) is 5.88 Å². The molecule has 0 saturated carbocycles. The van der Waals surface area contributed by atoms with Crippen molar-refractivity contribution in [2.24, 2.45) is 0 Å². The Balaban J connectivity index is 2.51. The van der Waals surface area contributed by atoms with Gasteiger partial charge in [0.1, 0.15) is 11.7 Å². The Bertz CT molecular complexity index is 529. The lowest BCUT2D eigenvalue weighted by molar-refractivity contribution is 0.390. The van der Waals surface area contributed by atoms with Gasteiger partial charge in [-0.3, -0.25) is 0 Å². The van der Waals surface area contributed by atoms with Gasteiger partial charge in [-0.15, -0.1) is 11.6 Å². The topological polar surface area (TPSA) is 38.9 Å². The Kier molecular flexibility index (Phi) is 2.82. The summed E-state index contributed by atoms with van der Waals surface area (Å²) in [7, 11) is 0. The molecule has 2 aromatic rings. The van der Waals surface area contributed by atoms with Crippen LogP contribution in [0.2, 0.25) is 0 Å². The molecule has 3 nitrogen and oxygen atoms in total. The van der Waals surface area contributed by atoms with Gasteiger partial charge in [-0.1, -0.05) is 5.16 Å². The fourth-order valence-corrected chi connectivity index (χ4v) is 1.22. The summed E-state index contributed by atoms with van der Waals surface area (Å²) in [6.45, 7) is 0. The molecule has 1 heterocycles. The van der Waals surface area contributed by atoms with E-state index in [4.69, 9.17) is 11.6 Å². The van der Waals surface area contributed by atoms with E-state index in [9.17, 15) is 13.2 Å². The molecule has 0 radical (unpaired) electrons. The molecule has 0 atom stereocenters. The van der Waals surface area contributed by atoms with Crippen LogP contribution in [0.5, 0.6) is 0 Å². The highest BCUT2D eigenvalue weighted by Crippen LogP contribution is 2.22. The second-order valence-electron chi connectivity index (χ2n) is 2.89. The van der Waals surface area contributed by atoms with Gasteiger partial charge >= 0.3 is 0 Å². The van der Waals surface area contributed by atoms with Crippen LogP contribution >= 0.6 is 11.6 Å². The van der Waals surface area contributed by atoms with Crippen LogP contribution in [-0.2, 0) is 5.88 Å². The van der Waals surface area contributed by atoms with Gasteiger partial charge in [0.05, 0.1) is 5.56 Å². The molecule has 0 fully saturated rings. The fourth-order valence-electron chi connectivity index (χ4n) is 1.11. The highest BCUT2D eigenvalue weighted by atomic mass is 35.5. The summed E-state index contributed by atoms with van der Waals surface area (Å²) in [4.78, 5) is 3.69. The smallest absolute Gasteiger partial charge is 0.241 e. The Morgan fingerprint density at radius 3 is 2.44 bits per heavy atom. The first-order valence-corrected chi connectivity index (χ1v) is 4.68. The van der Waals surface area contributed by atoms with E-state index >= 15 is 0 Å². The van der Waals surface area contributed by atoms with Gasteiger partial charge in [-0.05, 0) is 6.07 Å². The molecule has 0 aliphatic rings. The number of benzene rings is 1. The number of alkyl halides is 1. The average Bonchev–Trinajstić information content (AvgIpc) is 2.71. The lowest BCUT2D eigenvalue weighted by atomic mass is 10.2. The molecule has 0 bridgehead atoms. The third-order valence-corrected chi connectivity index (χ3v) is 2.06. The molecule has 0 aliphatic heterocycles. The lowest BCUT2D eigenvalue weighted by Gasteiger charge is -1.98. The molecule has 16 heavy (non-hydrogen) atoms. The normalized spacial score (nSPS) is 10.8. The fraction of sp³-hybridized carbons (Fsp3) is 0.111. The highest BCUT2D eigenvalue weighted by molar-refractivity contribution is 6.16. The van der Waals surface area contributed by atoms with E-state index in [1.54, 1.807) is 0 Å². The van der Waals surface area contributed by atoms with E-state index < -0.39 is 17.5 Å². The molecule has 0 aliphatic carbocycles. The minimum absolute atomic E-state index is 0.0434. The number of hydrogen-bond donors (Lipinski definition) is 0. The third-order valence-electron chi connectivity index (χ3n) is 1.83. The maximum absolute atomic E-state index is 13.3. The summed E-state index contributed by atoms with van der Waals surface area (Å²) in [5, 5.41) is 3.39. The summed E-state index contributed by atoms with van der Waals surface area (Å²) in [6, 6.07) is 1.08. The van der Waals surface area contributed by atoms with Crippen molar-refractivity contribution in [1.82, 2.24) is 10.1 Å². The average molecular weight is 249 g/mol. The van der Waals surface area contributed by atoms with Gasteiger partial charge in [0.15, 0.2) is 11.6 Å². The molecule has 0 saturated heterocycles. The Hall–Kier alpha value is -1.56. The predicted molar refractivity (Wildman–Crippen MR) is 49.2 cm³/mol. The SMILES string of the molecule is Fc1cc(F)c(-c2noc(CCl)n2)cc1F. The Morgan fingerprint density at radius 2 is 1.81 bits per heavy atom. The molecule has 0 N–H and O–H groups in total. The van der Waals surface area contributed by atoms with Crippen LogP contribution in [0.1, 0.15) is 5.89 Å². The van der Waals surface area contributed by atoms with Gasteiger partial charge < -0.3 is 4.52 Å². The van der Waals surface area contributed by atoms with E-state index in [1.165, 1.54) is 0 Å². The highest BCUT2D eigenvalue weighted by Gasteiger charge is 2.16. The zero-order chi connectivity index (χ0) is 11.7. The Labute approximate surface area is 92.8 Å². The zero-order valence-electron chi connectivity index (χ0n) is 7.68. The molecular formula is C9H4ClF3N2O. The summed E-state index contributed by atoms with van der Waals surface area (Å²) < 4.78 is 43.4. The first-order valence-electron chi connectivity index (χ1n) is 4.15. The van der Waals surface area contributed by atoms with Crippen molar-refractivity contribution < 1.29 is 17.7 Å². The predicted octanol–water partition coefficient (Wildman–Crippen LogP) is 2.89. The number of halogens is 4. The quantitative estimate of drug-likeness (QED) is 0.606. The molecule has 7 heteroatoms. The minimum atomic E-state index is -1.28. The van der Waals surface area contributed by atoms with Crippen molar-refractivity contribution >= 4 is 11.6 Å². The van der Waals surface area contributed by atoms with Crippen molar-refractivity contribution in [3.05, 3.63) is 35.5 Å². The third kappa shape index (κ3) is 1.88. The number of rotatable bonds is 2. The molecule has 2 rings (SSSR count). The van der Waals surface area contributed by atoms with Gasteiger partial charge in [-0.25, -0.2) is 13.2 Å². The van der Waals surface area contributed by atoms with Gasteiger partial charge in [0.25, 0.3) is 0 Å². The molecule has 0 unspecified atom stereocenters. The van der Waals surface area contributed by atoms with Crippen molar-refractivity contribution in [3.8, 4) is 11.4 Å². The van der Waals surface area contributed by atoms with Gasteiger partial charge in [-0.2, -0.15) is 4.98 Å². The molecule has 1 aromatic heterocycles. The van der Waals surface area contributed by atoms with E-state index in [0.29, 0.717) is 12.1 Å². The second kappa shape index (κ2) is 4.13. The molecular weight excluding hydrogens is 245 g/mol. The van der Waals surface area contributed by atoms with E-state index in [-0.39, 0.29) is 23.2 Å². The van der Waals surface area contributed by atoms with Gasteiger partial charge in [0.2, 0.25) is 11.7 Å². The van der Waals surface area contributed by atoms with Crippen molar-refractivity contribution in [3.63, 3.8) is 0 Å². The number of hydrogen-bond acceptors (Lipinski definition) is 3. The standard InChI is InChI=1S/C9H4ClF3N2O/c10-3-8-14-9(15-16-8)4-1-6(12)7(13)2-5(4)11/h1-2H,3H2. The zero-order valence-corrected chi connectivity index (χ0v) is 8.43. The van der Waals surface area contributed by atoms with Gasteiger partial charge in [0, 0.05) is 6.07 Å². The maximum Gasteiger partial charge on any atom is 0.241 e. The first kappa shape index (κ1) is 10.9. The lowest BCUT2D eigenvalue weighted by Crippen LogP contribution is -1.92. The van der Waals surface area contributed by atoms with E-state index in [1.807, 2.05) is 0 Å². The van der Waals surface area contributed by atoms with Crippen molar-refractivity contribution in [1.29, 1.82) is 0 Å². The second-order valence-corrected chi connectivity index (χ2v) is 3.16. The van der Waals surface area contributed by atoms with Crippen LogP contribution in [0.3, 0.4) is 0 Å². The van der Waals surface area contributed by atoms with Crippen LogP contribution < -0.4 is 0 Å². The maximum atomic E-state index is 13.3. The van der Waals surface area contributed by atoms with Crippen LogP contribution in [0.15, 0.2) is 16.7 Å². The molecule has 84 valence electrons. The summed E-state index contributed by atoms with van der Waals surface area (Å²) in [5.74, 6) is -3.58. The Morgan fingerprint density at radius 1 is 1.12 bits per heavy atom. The molecule has 0 spiro atoms. The summed E-state index contributed by atoms with van der Waals surface area (Å²) in [5.41, 5.74) is -0.279. The van der Waals surface area contributed by atoms with Crippen LogP contribution in [0.4, 0.5) is 13.2 Å². The summed E-state index contributed by atoms with van der Waals surface area (Å²) >= 11 is 5.40. The van der Waals surface area contributed by atoms with Crippen LogP contribution in [0.25, 0.3) is 11.4 Å². The van der Waals surface area contributed by atoms with Crippen LogP contribution in [0, 0.1) is 17.5 Å². The first-order chi connectivity index (χ1) is 7.61. The van der Waals surface area contributed by atoms with E-state index in [2.05, 4.69) is 14.7 Å². The number of nitrogens with zero attached hydrogens (tertiary/aromatic N) is 2. The summed E-state index contributed by atoms with van der Waals surface area (Å²) in [6.07, 6.45) is 0. The minimum Gasteiger partial charge on any atom is -0.338 e. The monoisotopic (exact) mass is 248 g/mol. The molecule has 0 amide bonds. The number of aromatic nitrogens is 2. The van der Waals surface area contributed by atoms with E-state index in [0.717, 1.165) is 0 Å². The van der Waals surface area contributed by atoms with Crippen LogP contribution in [-0.4, -0.2) is 10.1 Å². The molecule has 1 aromatic carbocycles.